The minimum atomic E-state index is -1.06. The van der Waals surface area contributed by atoms with Gasteiger partial charge in [-0.2, -0.15) is 0 Å². The second-order valence-electron chi connectivity index (χ2n) is 7.07. The Balaban J connectivity index is 1.88. The number of nitrogens with one attached hydrogen (secondary N) is 2. The van der Waals surface area contributed by atoms with Gasteiger partial charge in [0.05, 0.1) is 18.5 Å². The number of amides is 1. The molecule has 1 aromatic carbocycles. The number of aromatic nitrogens is 1. The van der Waals surface area contributed by atoms with E-state index < -0.39 is 23.2 Å². The van der Waals surface area contributed by atoms with E-state index >= 15 is 0 Å². The van der Waals surface area contributed by atoms with Crippen molar-refractivity contribution in [2.24, 2.45) is 0 Å². The SMILES string of the molecule is CC(C)(C)OC(=O)NCCCOc1ccc2cc(CC(=O)O)c(=O)[nH]c2c1. The van der Waals surface area contributed by atoms with E-state index in [1.807, 2.05) is 0 Å². The number of benzene rings is 1. The molecule has 2 aromatic rings. The third-order valence-corrected chi connectivity index (χ3v) is 3.49. The maximum Gasteiger partial charge on any atom is 0.407 e. The fourth-order valence-electron chi connectivity index (χ4n) is 2.38. The van der Waals surface area contributed by atoms with Crippen molar-refractivity contribution in [1.29, 1.82) is 0 Å². The van der Waals surface area contributed by atoms with Crippen molar-refractivity contribution in [2.45, 2.75) is 39.2 Å². The maximum absolute atomic E-state index is 11.9. The molecule has 8 heteroatoms. The highest BCUT2D eigenvalue weighted by atomic mass is 16.6. The summed E-state index contributed by atoms with van der Waals surface area (Å²) < 4.78 is 10.8. The predicted octanol–water partition coefficient (Wildman–Crippen LogP) is 2.45. The third kappa shape index (κ3) is 6.65. The number of fused-ring (bicyclic) bond motifs is 1. The number of carboxylic acids is 1. The molecule has 0 aliphatic heterocycles. The minimum Gasteiger partial charge on any atom is -0.493 e. The van der Waals surface area contributed by atoms with Crippen molar-refractivity contribution in [1.82, 2.24) is 10.3 Å². The largest absolute Gasteiger partial charge is 0.493 e. The molecule has 0 saturated heterocycles. The van der Waals surface area contributed by atoms with Crippen LogP contribution in [0.25, 0.3) is 10.9 Å². The van der Waals surface area contributed by atoms with Gasteiger partial charge in [0, 0.05) is 18.2 Å². The number of H-pyrrole nitrogens is 1. The second-order valence-corrected chi connectivity index (χ2v) is 7.07. The van der Waals surface area contributed by atoms with Crippen molar-refractivity contribution < 1.29 is 24.2 Å². The van der Waals surface area contributed by atoms with Gasteiger partial charge in [-0.1, -0.05) is 0 Å². The van der Waals surface area contributed by atoms with Crippen LogP contribution >= 0.6 is 0 Å². The van der Waals surface area contributed by atoms with Gasteiger partial charge in [-0.25, -0.2) is 4.79 Å². The van der Waals surface area contributed by atoms with Crippen LogP contribution in [0.1, 0.15) is 32.8 Å². The van der Waals surface area contributed by atoms with E-state index in [0.717, 1.165) is 5.39 Å². The fourth-order valence-corrected chi connectivity index (χ4v) is 2.38. The summed E-state index contributed by atoms with van der Waals surface area (Å²) in [6, 6.07) is 6.75. The lowest BCUT2D eigenvalue weighted by atomic mass is 10.1. The zero-order valence-corrected chi connectivity index (χ0v) is 15.6. The average Bonchev–Trinajstić information content (AvgIpc) is 2.53. The molecule has 0 unspecified atom stereocenters. The Morgan fingerprint density at radius 2 is 1.96 bits per heavy atom. The van der Waals surface area contributed by atoms with Crippen LogP contribution in [-0.2, 0) is 16.0 Å². The maximum atomic E-state index is 11.9. The first kappa shape index (κ1) is 20.3. The lowest BCUT2D eigenvalue weighted by molar-refractivity contribution is -0.136. The highest BCUT2D eigenvalue weighted by Gasteiger charge is 2.15. The minimum absolute atomic E-state index is 0.205. The first-order valence-electron chi connectivity index (χ1n) is 8.61. The number of aliphatic carboxylic acids is 1. The van der Waals surface area contributed by atoms with E-state index in [1.54, 1.807) is 45.0 Å². The first-order valence-corrected chi connectivity index (χ1v) is 8.61. The lowest BCUT2D eigenvalue weighted by Crippen LogP contribution is -2.33. The molecule has 0 atom stereocenters. The Labute approximate surface area is 156 Å². The summed E-state index contributed by atoms with van der Waals surface area (Å²) in [5.41, 5.74) is -0.188. The van der Waals surface area contributed by atoms with E-state index in [-0.39, 0.29) is 12.0 Å². The number of hydrogen-bond acceptors (Lipinski definition) is 5. The standard InChI is InChI=1S/C19H24N2O6/c1-19(2,3)27-18(25)20-7-4-8-26-14-6-5-12-9-13(10-16(22)23)17(24)21-15(12)11-14/h5-6,9,11H,4,7-8,10H2,1-3H3,(H,20,25)(H,21,24)(H,22,23). The summed E-state index contributed by atoms with van der Waals surface area (Å²) in [6.45, 7) is 6.18. The Morgan fingerprint density at radius 3 is 2.63 bits per heavy atom. The highest BCUT2D eigenvalue weighted by Crippen LogP contribution is 2.19. The predicted molar refractivity (Wildman–Crippen MR) is 100 cm³/mol. The summed E-state index contributed by atoms with van der Waals surface area (Å²) >= 11 is 0. The van der Waals surface area contributed by atoms with Crippen molar-refractivity contribution >= 4 is 23.0 Å². The lowest BCUT2D eigenvalue weighted by Gasteiger charge is -2.19. The smallest absolute Gasteiger partial charge is 0.407 e. The molecule has 2 rings (SSSR count). The highest BCUT2D eigenvalue weighted by molar-refractivity contribution is 5.81. The van der Waals surface area contributed by atoms with E-state index in [0.29, 0.717) is 30.8 Å². The summed E-state index contributed by atoms with van der Waals surface area (Å²) in [5.74, 6) is -0.485. The van der Waals surface area contributed by atoms with E-state index in [2.05, 4.69) is 10.3 Å². The van der Waals surface area contributed by atoms with Crippen LogP contribution in [0.2, 0.25) is 0 Å². The van der Waals surface area contributed by atoms with Crippen LogP contribution in [0.15, 0.2) is 29.1 Å². The fraction of sp³-hybridized carbons (Fsp3) is 0.421. The van der Waals surface area contributed by atoms with Crippen molar-refractivity contribution in [3.8, 4) is 5.75 Å². The topological polar surface area (TPSA) is 118 Å². The molecule has 146 valence electrons. The number of pyridine rings is 1. The van der Waals surface area contributed by atoms with Gasteiger partial charge in [-0.15, -0.1) is 0 Å². The Hall–Kier alpha value is -3.03. The molecule has 0 radical (unpaired) electrons. The van der Waals surface area contributed by atoms with Gasteiger partial charge in [0.15, 0.2) is 0 Å². The van der Waals surface area contributed by atoms with E-state index in [1.165, 1.54) is 0 Å². The van der Waals surface area contributed by atoms with Crippen LogP contribution in [0, 0.1) is 0 Å². The third-order valence-electron chi connectivity index (χ3n) is 3.49. The van der Waals surface area contributed by atoms with Gasteiger partial charge in [0.1, 0.15) is 11.4 Å². The van der Waals surface area contributed by atoms with Crippen LogP contribution in [0.4, 0.5) is 4.79 Å². The molecule has 0 spiro atoms. The van der Waals surface area contributed by atoms with Gasteiger partial charge in [0.2, 0.25) is 0 Å². The average molecular weight is 376 g/mol. The second kappa shape index (κ2) is 8.57. The molecular formula is C19H24N2O6. The number of carboxylic acid groups (broad SMARTS) is 1. The molecule has 3 N–H and O–H groups in total. The van der Waals surface area contributed by atoms with E-state index in [9.17, 15) is 14.4 Å². The van der Waals surface area contributed by atoms with Gasteiger partial charge >= 0.3 is 12.1 Å². The Kier molecular flexibility index (Phi) is 6.44. The molecule has 27 heavy (non-hydrogen) atoms. The number of rotatable bonds is 7. The summed E-state index contributed by atoms with van der Waals surface area (Å²) in [5, 5.41) is 12.2. The van der Waals surface area contributed by atoms with Gasteiger partial charge in [-0.05, 0) is 50.8 Å². The zero-order valence-electron chi connectivity index (χ0n) is 15.6. The van der Waals surface area contributed by atoms with E-state index in [4.69, 9.17) is 14.6 Å². The number of hydrogen-bond donors (Lipinski definition) is 3. The first-order chi connectivity index (χ1) is 12.6. The number of ether oxygens (including phenoxy) is 2. The van der Waals surface area contributed by atoms with Crippen LogP contribution in [-0.4, -0.2) is 40.9 Å². The van der Waals surface area contributed by atoms with Gasteiger partial charge in [-0.3, -0.25) is 9.59 Å². The number of carbonyl (C=O) groups excluding carboxylic acids is 1. The van der Waals surface area contributed by atoms with Crippen LogP contribution in [0.3, 0.4) is 0 Å². The summed E-state index contributed by atoms with van der Waals surface area (Å²) in [4.78, 5) is 36.9. The molecule has 1 aromatic heterocycles. The van der Waals surface area contributed by atoms with Crippen molar-refractivity contribution in [2.75, 3.05) is 13.2 Å². The molecule has 0 fully saturated rings. The molecule has 0 aliphatic carbocycles. The van der Waals surface area contributed by atoms with Crippen molar-refractivity contribution in [3.63, 3.8) is 0 Å². The van der Waals surface area contributed by atoms with Gasteiger partial charge in [0.25, 0.3) is 5.56 Å². The molecule has 0 saturated carbocycles. The van der Waals surface area contributed by atoms with Crippen LogP contribution < -0.4 is 15.6 Å². The number of carbonyl (C=O) groups is 2. The number of aromatic amines is 1. The summed E-state index contributed by atoms with van der Waals surface area (Å²) in [7, 11) is 0. The monoisotopic (exact) mass is 376 g/mol. The molecule has 1 heterocycles. The normalized spacial score (nSPS) is 11.2. The Morgan fingerprint density at radius 1 is 1.22 bits per heavy atom. The van der Waals surface area contributed by atoms with Gasteiger partial charge < -0.3 is 24.9 Å². The quantitative estimate of drug-likeness (QED) is 0.639. The summed E-state index contributed by atoms with van der Waals surface area (Å²) in [6.07, 6.45) is -0.206. The Bertz CT molecular complexity index is 882. The zero-order chi connectivity index (χ0) is 20.0. The number of alkyl carbamates (subject to hydrolysis) is 1. The molecule has 0 aliphatic rings. The van der Waals surface area contributed by atoms with Crippen LogP contribution in [0.5, 0.6) is 5.75 Å². The molecular weight excluding hydrogens is 352 g/mol. The van der Waals surface area contributed by atoms with Crippen molar-refractivity contribution in [3.05, 3.63) is 40.2 Å². The molecule has 1 amide bonds. The molecule has 0 bridgehead atoms. The molecule has 8 nitrogen and oxygen atoms in total.